The molecule has 0 aromatic carbocycles. The SMILES string of the molecule is CN=C(NCC(c1ccco1)N(C)C)NC1CCN(c2ncccc2Cl)C1. The lowest BCUT2D eigenvalue weighted by atomic mass is 10.2. The molecule has 0 spiro atoms. The molecule has 1 aliphatic heterocycles. The van der Waals surface area contributed by atoms with Crippen LogP contribution in [-0.2, 0) is 0 Å². The molecule has 0 radical (unpaired) electrons. The zero-order valence-electron chi connectivity index (χ0n) is 16.0. The molecule has 2 aromatic heterocycles. The maximum absolute atomic E-state index is 6.27. The van der Waals surface area contributed by atoms with Crippen LogP contribution in [0.3, 0.4) is 0 Å². The standard InChI is InChI=1S/C19H27ClN6O/c1-21-19(23-12-16(25(2)3)17-7-5-11-27-17)24-14-8-10-26(13-14)18-15(20)6-4-9-22-18/h4-7,9,11,14,16H,8,10,12-13H2,1-3H3,(H2,21,23,24). The summed E-state index contributed by atoms with van der Waals surface area (Å²) < 4.78 is 5.56. The number of aliphatic imine (C=N–C) groups is 1. The van der Waals surface area contributed by atoms with Gasteiger partial charge >= 0.3 is 0 Å². The van der Waals surface area contributed by atoms with E-state index in [-0.39, 0.29) is 12.1 Å². The van der Waals surface area contributed by atoms with Crippen LogP contribution in [0.25, 0.3) is 0 Å². The quantitative estimate of drug-likeness (QED) is 0.583. The molecule has 0 aliphatic carbocycles. The van der Waals surface area contributed by atoms with Crippen molar-refractivity contribution in [2.24, 2.45) is 4.99 Å². The third-order valence-electron chi connectivity index (χ3n) is 4.75. The number of anilines is 1. The zero-order valence-corrected chi connectivity index (χ0v) is 16.8. The molecule has 8 heteroatoms. The Hall–Kier alpha value is -2.25. The van der Waals surface area contributed by atoms with Crippen LogP contribution in [0.15, 0.2) is 46.1 Å². The highest BCUT2D eigenvalue weighted by atomic mass is 35.5. The lowest BCUT2D eigenvalue weighted by Crippen LogP contribution is -2.46. The van der Waals surface area contributed by atoms with E-state index < -0.39 is 0 Å². The maximum atomic E-state index is 6.27. The highest BCUT2D eigenvalue weighted by Crippen LogP contribution is 2.25. The molecule has 2 N–H and O–H groups in total. The summed E-state index contributed by atoms with van der Waals surface area (Å²) in [6.07, 6.45) is 4.48. The van der Waals surface area contributed by atoms with Crippen molar-refractivity contribution in [3.63, 3.8) is 0 Å². The van der Waals surface area contributed by atoms with Gasteiger partial charge in [-0.2, -0.15) is 0 Å². The summed E-state index contributed by atoms with van der Waals surface area (Å²) in [5, 5.41) is 7.60. The number of aromatic nitrogens is 1. The Morgan fingerprint density at radius 2 is 2.30 bits per heavy atom. The molecule has 3 rings (SSSR count). The number of likely N-dealkylation sites (N-methyl/N-ethyl adjacent to an activating group) is 1. The molecule has 146 valence electrons. The van der Waals surface area contributed by atoms with Crippen LogP contribution in [0, 0.1) is 0 Å². The topological polar surface area (TPSA) is 68.9 Å². The van der Waals surface area contributed by atoms with E-state index in [9.17, 15) is 0 Å². The highest BCUT2D eigenvalue weighted by Gasteiger charge is 2.26. The smallest absolute Gasteiger partial charge is 0.191 e. The lowest BCUT2D eigenvalue weighted by Gasteiger charge is -2.25. The van der Waals surface area contributed by atoms with Gasteiger partial charge in [0.15, 0.2) is 5.96 Å². The molecular formula is C19H27ClN6O. The molecule has 1 saturated heterocycles. The average molecular weight is 391 g/mol. The summed E-state index contributed by atoms with van der Waals surface area (Å²) in [6.45, 7) is 2.45. The number of halogens is 1. The largest absolute Gasteiger partial charge is 0.468 e. The summed E-state index contributed by atoms with van der Waals surface area (Å²) in [5.74, 6) is 2.56. The van der Waals surface area contributed by atoms with Crippen molar-refractivity contribution in [1.82, 2.24) is 20.5 Å². The Labute approximate surface area is 165 Å². The minimum Gasteiger partial charge on any atom is -0.468 e. The monoisotopic (exact) mass is 390 g/mol. The second-order valence-corrected chi connectivity index (χ2v) is 7.24. The van der Waals surface area contributed by atoms with Gasteiger partial charge in [0, 0.05) is 38.9 Å². The van der Waals surface area contributed by atoms with Crippen LogP contribution in [-0.4, -0.2) is 62.7 Å². The first-order valence-corrected chi connectivity index (χ1v) is 9.48. The van der Waals surface area contributed by atoms with Gasteiger partial charge in [0.25, 0.3) is 0 Å². The van der Waals surface area contributed by atoms with Crippen LogP contribution in [0.5, 0.6) is 0 Å². The second kappa shape index (κ2) is 9.10. The summed E-state index contributed by atoms with van der Waals surface area (Å²) >= 11 is 6.27. The first-order chi connectivity index (χ1) is 13.1. The molecule has 1 aliphatic rings. The molecule has 27 heavy (non-hydrogen) atoms. The van der Waals surface area contributed by atoms with Crippen molar-refractivity contribution in [2.75, 3.05) is 45.7 Å². The highest BCUT2D eigenvalue weighted by molar-refractivity contribution is 6.32. The molecule has 1 fully saturated rings. The summed E-state index contributed by atoms with van der Waals surface area (Å²) in [5.41, 5.74) is 0. The Bertz CT molecular complexity index is 748. The van der Waals surface area contributed by atoms with Gasteiger partial charge in [0.05, 0.1) is 17.3 Å². The van der Waals surface area contributed by atoms with E-state index in [1.165, 1.54) is 0 Å². The number of rotatable bonds is 6. The molecule has 2 unspecified atom stereocenters. The van der Waals surface area contributed by atoms with E-state index in [1.807, 2.05) is 38.4 Å². The summed E-state index contributed by atoms with van der Waals surface area (Å²) in [7, 11) is 5.86. The predicted octanol–water partition coefficient (Wildman–Crippen LogP) is 2.37. The molecule has 0 saturated carbocycles. The van der Waals surface area contributed by atoms with Crippen LogP contribution in [0.4, 0.5) is 5.82 Å². The first-order valence-electron chi connectivity index (χ1n) is 9.11. The number of pyridine rings is 1. The normalized spacial score (nSPS) is 18.8. The third kappa shape index (κ3) is 4.93. The number of nitrogens with zero attached hydrogens (tertiary/aromatic N) is 4. The van der Waals surface area contributed by atoms with Crippen LogP contribution >= 0.6 is 11.6 Å². The molecule has 7 nitrogen and oxygen atoms in total. The second-order valence-electron chi connectivity index (χ2n) is 6.83. The predicted molar refractivity (Wildman–Crippen MR) is 109 cm³/mol. The van der Waals surface area contributed by atoms with Gasteiger partial charge < -0.3 is 20.0 Å². The van der Waals surface area contributed by atoms with Crippen molar-refractivity contribution in [2.45, 2.75) is 18.5 Å². The van der Waals surface area contributed by atoms with E-state index >= 15 is 0 Å². The number of hydrogen-bond acceptors (Lipinski definition) is 5. The first kappa shape index (κ1) is 19.5. The fourth-order valence-electron chi connectivity index (χ4n) is 3.28. The van der Waals surface area contributed by atoms with E-state index in [1.54, 1.807) is 19.5 Å². The molecule has 2 aromatic rings. The molecule has 0 amide bonds. The van der Waals surface area contributed by atoms with Crippen molar-refractivity contribution in [3.05, 3.63) is 47.5 Å². The Balaban J connectivity index is 1.54. The van der Waals surface area contributed by atoms with Crippen LogP contribution < -0.4 is 15.5 Å². The van der Waals surface area contributed by atoms with Crippen LogP contribution in [0.2, 0.25) is 5.02 Å². The van der Waals surface area contributed by atoms with Gasteiger partial charge in [-0.25, -0.2) is 4.98 Å². The van der Waals surface area contributed by atoms with Crippen molar-refractivity contribution in [3.8, 4) is 0 Å². The fraction of sp³-hybridized carbons (Fsp3) is 0.474. The number of hydrogen-bond donors (Lipinski definition) is 2. The number of nitrogens with one attached hydrogen (secondary N) is 2. The van der Waals surface area contributed by atoms with E-state index in [2.05, 4.69) is 30.4 Å². The van der Waals surface area contributed by atoms with Gasteiger partial charge in [-0.05, 0) is 44.8 Å². The van der Waals surface area contributed by atoms with Gasteiger partial charge in [0.1, 0.15) is 11.6 Å². The number of furan rings is 1. The average Bonchev–Trinajstić information content (AvgIpc) is 3.33. The Morgan fingerprint density at radius 1 is 1.44 bits per heavy atom. The summed E-state index contributed by atoms with van der Waals surface area (Å²) in [4.78, 5) is 13.1. The Kier molecular flexibility index (Phi) is 6.58. The van der Waals surface area contributed by atoms with Crippen LogP contribution in [0.1, 0.15) is 18.2 Å². The maximum Gasteiger partial charge on any atom is 0.191 e. The van der Waals surface area contributed by atoms with Gasteiger partial charge in [-0.3, -0.25) is 9.89 Å². The molecular weight excluding hydrogens is 364 g/mol. The van der Waals surface area contributed by atoms with Crippen molar-refractivity contribution < 1.29 is 4.42 Å². The molecule has 2 atom stereocenters. The van der Waals surface area contributed by atoms with Crippen molar-refractivity contribution >= 4 is 23.4 Å². The molecule has 3 heterocycles. The fourth-order valence-corrected chi connectivity index (χ4v) is 3.52. The van der Waals surface area contributed by atoms with Gasteiger partial charge in [-0.15, -0.1) is 0 Å². The number of guanidine groups is 1. The summed E-state index contributed by atoms with van der Waals surface area (Å²) in [6, 6.07) is 8.05. The minimum atomic E-state index is 0.131. The van der Waals surface area contributed by atoms with Crippen molar-refractivity contribution in [1.29, 1.82) is 0 Å². The molecule has 0 bridgehead atoms. The van der Waals surface area contributed by atoms with Gasteiger partial charge in [-0.1, -0.05) is 11.6 Å². The lowest BCUT2D eigenvalue weighted by molar-refractivity contribution is 0.258. The zero-order chi connectivity index (χ0) is 19.2. The third-order valence-corrected chi connectivity index (χ3v) is 5.04. The van der Waals surface area contributed by atoms with E-state index in [0.29, 0.717) is 11.6 Å². The minimum absolute atomic E-state index is 0.131. The van der Waals surface area contributed by atoms with E-state index in [0.717, 1.165) is 37.0 Å². The van der Waals surface area contributed by atoms with Gasteiger partial charge in [0.2, 0.25) is 0 Å². The Morgan fingerprint density at radius 3 is 2.96 bits per heavy atom. The van der Waals surface area contributed by atoms with E-state index in [4.69, 9.17) is 16.0 Å².